The number of fused-ring (bicyclic) bond motifs is 2. The number of ether oxygens (including phenoxy) is 5. The molecule has 2 aliphatic heterocycles. The highest BCUT2D eigenvalue weighted by Crippen LogP contribution is 2.40. The van der Waals surface area contributed by atoms with E-state index < -0.39 is 5.79 Å². The molecule has 2 bridgehead atoms. The van der Waals surface area contributed by atoms with Crippen molar-refractivity contribution in [2.24, 2.45) is 0 Å². The minimum Gasteiger partial charge on any atom is -0.376 e. The predicted octanol–water partition coefficient (Wildman–Crippen LogP) is 0.177. The molecular formula is C10H18O5. The van der Waals surface area contributed by atoms with Gasteiger partial charge in [0.2, 0.25) is 0 Å². The van der Waals surface area contributed by atoms with Crippen LogP contribution in [-0.2, 0) is 23.7 Å². The highest BCUT2D eigenvalue weighted by molar-refractivity contribution is 5.01. The molecular weight excluding hydrogens is 200 g/mol. The lowest BCUT2D eigenvalue weighted by Crippen LogP contribution is -2.61. The lowest BCUT2D eigenvalue weighted by Gasteiger charge is -2.43. The average Bonchev–Trinajstić information content (AvgIpc) is 2.57. The molecule has 2 heterocycles. The van der Waals surface area contributed by atoms with Crippen LogP contribution in [0.5, 0.6) is 0 Å². The smallest absolute Gasteiger partial charge is 0.195 e. The van der Waals surface area contributed by atoms with Crippen LogP contribution < -0.4 is 0 Å². The van der Waals surface area contributed by atoms with Crippen molar-refractivity contribution in [2.75, 3.05) is 27.9 Å². The zero-order valence-electron chi connectivity index (χ0n) is 9.56. The first-order valence-electron chi connectivity index (χ1n) is 5.06. The summed E-state index contributed by atoms with van der Waals surface area (Å²) in [5, 5.41) is 0. The average molecular weight is 218 g/mol. The Hall–Kier alpha value is -0.200. The zero-order valence-corrected chi connectivity index (χ0v) is 9.56. The van der Waals surface area contributed by atoms with Crippen molar-refractivity contribution >= 4 is 0 Å². The van der Waals surface area contributed by atoms with Gasteiger partial charge in [-0.1, -0.05) is 0 Å². The first-order valence-corrected chi connectivity index (χ1v) is 5.06. The van der Waals surface area contributed by atoms with E-state index in [0.717, 1.165) is 0 Å². The molecule has 2 saturated heterocycles. The molecule has 0 radical (unpaired) electrons. The Bertz CT molecular complexity index is 234. The SMILES string of the molecule is CO[C@H]1[C@H](OC)[C@H](OC)[C@@]2(C)OC[C@@H]1O2. The van der Waals surface area contributed by atoms with E-state index in [9.17, 15) is 0 Å². The van der Waals surface area contributed by atoms with E-state index in [4.69, 9.17) is 23.7 Å². The standard InChI is InChI=1S/C10H18O5/c1-10-9(13-4)8(12-3)7(11-2)6(15-10)5-14-10/h6-9H,5H2,1-4H3/t6-,7+,8-,9-,10-/m0/s1. The lowest BCUT2D eigenvalue weighted by atomic mass is 9.95. The Morgan fingerprint density at radius 3 is 2.27 bits per heavy atom. The summed E-state index contributed by atoms with van der Waals surface area (Å²) >= 11 is 0. The molecule has 0 aromatic rings. The Balaban J connectivity index is 2.26. The van der Waals surface area contributed by atoms with Gasteiger partial charge in [0.05, 0.1) is 6.61 Å². The first kappa shape index (κ1) is 11.3. The fraction of sp³-hybridized carbons (Fsp3) is 1.00. The summed E-state index contributed by atoms with van der Waals surface area (Å²) in [5.74, 6) is -0.713. The van der Waals surface area contributed by atoms with Crippen LogP contribution in [0, 0.1) is 0 Å². The van der Waals surface area contributed by atoms with Crippen LogP contribution in [0.3, 0.4) is 0 Å². The minimum atomic E-state index is -0.713. The molecule has 0 N–H and O–H groups in total. The van der Waals surface area contributed by atoms with Crippen molar-refractivity contribution in [3.63, 3.8) is 0 Å². The van der Waals surface area contributed by atoms with Crippen LogP contribution in [0.25, 0.3) is 0 Å². The number of rotatable bonds is 3. The quantitative estimate of drug-likeness (QED) is 0.676. The summed E-state index contributed by atoms with van der Waals surface area (Å²) in [6, 6.07) is 0. The van der Waals surface area contributed by atoms with Gasteiger partial charge < -0.3 is 23.7 Å². The van der Waals surface area contributed by atoms with Crippen LogP contribution in [0.1, 0.15) is 6.92 Å². The van der Waals surface area contributed by atoms with E-state index in [1.54, 1.807) is 21.3 Å². The van der Waals surface area contributed by atoms with Gasteiger partial charge in [-0.2, -0.15) is 0 Å². The monoisotopic (exact) mass is 218 g/mol. The van der Waals surface area contributed by atoms with Gasteiger partial charge in [-0.3, -0.25) is 0 Å². The van der Waals surface area contributed by atoms with Crippen LogP contribution in [0.4, 0.5) is 0 Å². The Kier molecular flexibility index (Phi) is 3.00. The van der Waals surface area contributed by atoms with Gasteiger partial charge in [0.15, 0.2) is 5.79 Å². The van der Waals surface area contributed by atoms with Crippen molar-refractivity contribution in [3.05, 3.63) is 0 Å². The van der Waals surface area contributed by atoms with E-state index in [-0.39, 0.29) is 24.4 Å². The van der Waals surface area contributed by atoms with Gasteiger partial charge in [-0.05, 0) is 6.92 Å². The summed E-state index contributed by atoms with van der Waals surface area (Å²) in [6.07, 6.45) is -0.649. The fourth-order valence-corrected chi connectivity index (χ4v) is 2.50. The van der Waals surface area contributed by atoms with Crippen LogP contribution >= 0.6 is 0 Å². The summed E-state index contributed by atoms with van der Waals surface area (Å²) in [5.41, 5.74) is 0. The second kappa shape index (κ2) is 3.99. The van der Waals surface area contributed by atoms with Gasteiger partial charge >= 0.3 is 0 Å². The molecule has 2 rings (SSSR count). The van der Waals surface area contributed by atoms with E-state index in [0.29, 0.717) is 6.61 Å². The molecule has 2 fully saturated rings. The number of hydrogen-bond acceptors (Lipinski definition) is 5. The zero-order chi connectivity index (χ0) is 11.1. The first-order chi connectivity index (χ1) is 7.16. The molecule has 0 aromatic carbocycles. The molecule has 0 aliphatic carbocycles. The predicted molar refractivity (Wildman–Crippen MR) is 51.6 cm³/mol. The highest BCUT2D eigenvalue weighted by Gasteiger charge is 2.58. The summed E-state index contributed by atoms with van der Waals surface area (Å²) < 4.78 is 27.6. The van der Waals surface area contributed by atoms with Crippen molar-refractivity contribution in [2.45, 2.75) is 37.1 Å². The van der Waals surface area contributed by atoms with E-state index in [2.05, 4.69) is 0 Å². The Morgan fingerprint density at radius 2 is 1.73 bits per heavy atom. The maximum Gasteiger partial charge on any atom is 0.195 e. The molecule has 15 heavy (non-hydrogen) atoms. The third-order valence-corrected chi connectivity index (χ3v) is 3.22. The number of hydrogen-bond donors (Lipinski definition) is 0. The van der Waals surface area contributed by atoms with E-state index in [1.165, 1.54) is 0 Å². The van der Waals surface area contributed by atoms with Crippen molar-refractivity contribution in [1.82, 2.24) is 0 Å². The lowest BCUT2D eigenvalue weighted by molar-refractivity contribution is -0.298. The van der Waals surface area contributed by atoms with Crippen molar-refractivity contribution in [3.8, 4) is 0 Å². The number of methoxy groups -OCH3 is 3. The normalized spacial score (nSPS) is 49.6. The third kappa shape index (κ3) is 1.59. The highest BCUT2D eigenvalue weighted by atomic mass is 16.8. The van der Waals surface area contributed by atoms with E-state index in [1.807, 2.05) is 6.92 Å². The maximum atomic E-state index is 5.77. The molecule has 0 unspecified atom stereocenters. The van der Waals surface area contributed by atoms with Crippen molar-refractivity contribution in [1.29, 1.82) is 0 Å². The van der Waals surface area contributed by atoms with Crippen LogP contribution in [-0.4, -0.2) is 58.1 Å². The summed E-state index contributed by atoms with van der Waals surface area (Å²) in [6.45, 7) is 2.40. The summed E-state index contributed by atoms with van der Waals surface area (Å²) in [7, 11) is 4.92. The second-order valence-electron chi connectivity index (χ2n) is 4.04. The van der Waals surface area contributed by atoms with Crippen LogP contribution in [0.2, 0.25) is 0 Å². The van der Waals surface area contributed by atoms with Crippen LogP contribution in [0.15, 0.2) is 0 Å². The second-order valence-corrected chi connectivity index (χ2v) is 4.04. The molecule has 5 heteroatoms. The Labute approximate surface area is 89.6 Å². The van der Waals surface area contributed by atoms with E-state index >= 15 is 0 Å². The molecule has 0 spiro atoms. The minimum absolute atomic E-state index is 0.0728. The fourth-order valence-electron chi connectivity index (χ4n) is 2.50. The molecule has 5 nitrogen and oxygen atoms in total. The topological polar surface area (TPSA) is 46.2 Å². The van der Waals surface area contributed by atoms with Gasteiger partial charge in [0.25, 0.3) is 0 Å². The van der Waals surface area contributed by atoms with Gasteiger partial charge in [0.1, 0.15) is 24.4 Å². The molecule has 88 valence electrons. The maximum absolute atomic E-state index is 5.77. The molecule has 0 aromatic heterocycles. The van der Waals surface area contributed by atoms with Gasteiger partial charge in [-0.25, -0.2) is 0 Å². The third-order valence-electron chi connectivity index (χ3n) is 3.22. The molecule has 0 saturated carbocycles. The Morgan fingerprint density at radius 1 is 1.07 bits per heavy atom. The molecule has 5 atom stereocenters. The van der Waals surface area contributed by atoms with Gasteiger partial charge in [-0.15, -0.1) is 0 Å². The molecule has 2 aliphatic rings. The molecule has 0 amide bonds. The largest absolute Gasteiger partial charge is 0.376 e. The van der Waals surface area contributed by atoms with Crippen molar-refractivity contribution < 1.29 is 23.7 Å². The van der Waals surface area contributed by atoms with Gasteiger partial charge in [0, 0.05) is 21.3 Å². The summed E-state index contributed by atoms with van der Waals surface area (Å²) in [4.78, 5) is 0.